The van der Waals surface area contributed by atoms with E-state index in [-0.39, 0.29) is 49.4 Å². The second-order valence-electron chi connectivity index (χ2n) is 9.45. The van der Waals surface area contributed by atoms with E-state index in [9.17, 15) is 27.1 Å². The van der Waals surface area contributed by atoms with Gasteiger partial charge in [-0.3, -0.25) is 0 Å². The first kappa shape index (κ1) is 23.7. The molecular weight excluding hydrogens is 467 g/mol. The maximum atomic E-state index is 13.9. The molecule has 1 unspecified atom stereocenters. The van der Waals surface area contributed by atoms with Crippen molar-refractivity contribution >= 4 is 16.7 Å². The summed E-state index contributed by atoms with van der Waals surface area (Å²) in [5, 5.41) is 11.1. The largest absolute Gasteiger partial charge is 0.435 e. The zero-order valence-corrected chi connectivity index (χ0v) is 19.3. The number of aryl methyl sites for hydroxylation is 2. The summed E-state index contributed by atoms with van der Waals surface area (Å²) in [6, 6.07) is 10.4. The summed E-state index contributed by atoms with van der Waals surface area (Å²) in [5.41, 5.74) is 1.38. The Balaban J connectivity index is 1.56. The van der Waals surface area contributed by atoms with Gasteiger partial charge in [0.25, 0.3) is 0 Å². The molecule has 186 valence electrons. The maximum absolute atomic E-state index is 13.9. The first-order chi connectivity index (χ1) is 16.4. The third-order valence-corrected chi connectivity index (χ3v) is 6.99. The van der Waals surface area contributed by atoms with Crippen LogP contribution in [-0.2, 0) is 19.6 Å². The highest BCUT2D eigenvalue weighted by atomic mass is 19.4. The van der Waals surface area contributed by atoms with Crippen LogP contribution in [0.15, 0.2) is 36.4 Å². The van der Waals surface area contributed by atoms with Crippen molar-refractivity contribution in [3.63, 3.8) is 0 Å². The Morgan fingerprint density at radius 1 is 1.11 bits per heavy atom. The fourth-order valence-corrected chi connectivity index (χ4v) is 5.17. The summed E-state index contributed by atoms with van der Waals surface area (Å²) >= 11 is 0. The van der Waals surface area contributed by atoms with E-state index in [0.717, 1.165) is 5.52 Å². The number of alkyl halides is 5. The van der Waals surface area contributed by atoms with Crippen LogP contribution in [0.1, 0.15) is 60.3 Å². The van der Waals surface area contributed by atoms with Crippen molar-refractivity contribution in [2.75, 3.05) is 0 Å². The number of imidazole rings is 2. The number of aromatic nitrogens is 4. The highest BCUT2D eigenvalue weighted by molar-refractivity contribution is 5.76. The quantitative estimate of drug-likeness (QED) is 0.356. The maximum Gasteiger partial charge on any atom is 0.435 e. The molecule has 3 heterocycles. The molecule has 1 saturated carbocycles. The van der Waals surface area contributed by atoms with Crippen LogP contribution in [0.25, 0.3) is 16.7 Å². The minimum absolute atomic E-state index is 0.0135. The molecule has 3 aromatic heterocycles. The monoisotopic (exact) mass is 492 g/mol. The molecule has 1 aliphatic carbocycles. The highest BCUT2D eigenvalue weighted by Crippen LogP contribution is 2.40. The van der Waals surface area contributed by atoms with Crippen LogP contribution >= 0.6 is 0 Å². The van der Waals surface area contributed by atoms with Gasteiger partial charge in [0.05, 0.1) is 16.7 Å². The Morgan fingerprint density at radius 3 is 2.46 bits per heavy atom. The molecule has 0 radical (unpaired) electrons. The molecule has 1 fully saturated rings. The highest BCUT2D eigenvalue weighted by Gasteiger charge is 2.40. The molecule has 4 aromatic rings. The molecule has 0 spiro atoms. The molecule has 35 heavy (non-hydrogen) atoms. The molecule has 1 aliphatic rings. The molecule has 0 saturated heterocycles. The van der Waals surface area contributed by atoms with E-state index in [1.807, 2.05) is 24.3 Å². The normalized spacial score (nSPS) is 17.9. The van der Waals surface area contributed by atoms with Crippen molar-refractivity contribution < 1.29 is 27.1 Å². The van der Waals surface area contributed by atoms with Gasteiger partial charge in [0, 0.05) is 25.6 Å². The molecule has 1 N–H and O–H groups in total. The minimum atomic E-state index is -4.69. The van der Waals surface area contributed by atoms with Gasteiger partial charge in [-0.25, -0.2) is 18.7 Å². The van der Waals surface area contributed by atoms with Gasteiger partial charge in [-0.2, -0.15) is 13.2 Å². The summed E-state index contributed by atoms with van der Waals surface area (Å²) in [6.45, 7) is 1.65. The molecular formula is C25H25F5N4O. The number of aliphatic hydroxyl groups excluding tert-OH is 1. The Kier molecular flexibility index (Phi) is 5.62. The van der Waals surface area contributed by atoms with E-state index < -0.39 is 23.9 Å². The van der Waals surface area contributed by atoms with Crippen molar-refractivity contribution in [1.29, 1.82) is 0 Å². The lowest BCUT2D eigenvalue weighted by atomic mass is 9.83. The number of hydrogen-bond donors (Lipinski definition) is 1. The summed E-state index contributed by atoms with van der Waals surface area (Å²) in [5.74, 6) is -2.67. The van der Waals surface area contributed by atoms with E-state index >= 15 is 0 Å². The second kappa shape index (κ2) is 8.29. The molecule has 0 aliphatic heterocycles. The van der Waals surface area contributed by atoms with Crippen LogP contribution < -0.4 is 0 Å². The Morgan fingerprint density at radius 2 is 1.80 bits per heavy atom. The number of aliphatic hydroxyl groups is 1. The van der Waals surface area contributed by atoms with Crippen molar-refractivity contribution in [1.82, 2.24) is 18.9 Å². The van der Waals surface area contributed by atoms with Crippen molar-refractivity contribution in [3.05, 3.63) is 64.9 Å². The predicted octanol–water partition coefficient (Wildman–Crippen LogP) is 6.00. The Hall–Kier alpha value is -3.01. The van der Waals surface area contributed by atoms with Crippen molar-refractivity contribution in [2.45, 2.75) is 57.2 Å². The van der Waals surface area contributed by atoms with Gasteiger partial charge in [-0.15, -0.1) is 0 Å². The number of nitrogens with zero attached hydrogens (tertiary/aromatic N) is 4. The number of halogens is 5. The average Bonchev–Trinajstić information content (AvgIpc) is 3.33. The standard InChI is InChI=1S/C25H25F5N4O/c1-14-11-16(21(35)23-31-17-5-3-4-6-18(17)33(23)2)13-20-32-22(25(28,29)30)19(34(14)20)12-15-7-9-24(26,27)10-8-15/h3-6,11,13,15,21,35H,7-10,12H2,1-2H3. The number of para-hydroxylation sites is 2. The van der Waals surface area contributed by atoms with Gasteiger partial charge < -0.3 is 14.1 Å². The van der Waals surface area contributed by atoms with Crippen LogP contribution in [0.2, 0.25) is 0 Å². The molecule has 1 aromatic carbocycles. The van der Waals surface area contributed by atoms with Crippen molar-refractivity contribution in [3.8, 4) is 0 Å². The Bertz CT molecular complexity index is 1390. The van der Waals surface area contributed by atoms with E-state index in [1.165, 1.54) is 10.5 Å². The van der Waals surface area contributed by atoms with Crippen LogP contribution in [0.4, 0.5) is 22.0 Å². The molecule has 5 nitrogen and oxygen atoms in total. The average molecular weight is 492 g/mol. The fourth-order valence-electron chi connectivity index (χ4n) is 5.17. The lowest BCUT2D eigenvalue weighted by molar-refractivity contribution is -0.141. The zero-order valence-electron chi connectivity index (χ0n) is 19.3. The van der Waals surface area contributed by atoms with Gasteiger partial charge in [0.2, 0.25) is 5.92 Å². The first-order valence-electron chi connectivity index (χ1n) is 11.5. The number of benzene rings is 1. The number of hydrogen-bond acceptors (Lipinski definition) is 3. The topological polar surface area (TPSA) is 55.4 Å². The number of fused-ring (bicyclic) bond motifs is 2. The first-order valence-corrected chi connectivity index (χ1v) is 11.5. The molecule has 5 rings (SSSR count). The van der Waals surface area contributed by atoms with Gasteiger partial charge in [-0.05, 0) is 61.9 Å². The summed E-state index contributed by atoms with van der Waals surface area (Å²) in [7, 11) is 1.77. The molecule has 10 heteroatoms. The lowest BCUT2D eigenvalue weighted by Crippen LogP contribution is -2.26. The third-order valence-electron chi connectivity index (χ3n) is 6.99. The van der Waals surface area contributed by atoms with Crippen LogP contribution in [0, 0.1) is 12.8 Å². The van der Waals surface area contributed by atoms with Crippen molar-refractivity contribution in [2.24, 2.45) is 13.0 Å². The predicted molar refractivity (Wildman–Crippen MR) is 120 cm³/mol. The van der Waals surface area contributed by atoms with Crippen LogP contribution in [0.5, 0.6) is 0 Å². The molecule has 0 bridgehead atoms. The van der Waals surface area contributed by atoms with Crippen LogP contribution in [-0.4, -0.2) is 30.0 Å². The van der Waals surface area contributed by atoms with E-state index in [2.05, 4.69) is 9.97 Å². The number of rotatable bonds is 4. The van der Waals surface area contributed by atoms with Gasteiger partial charge in [0.15, 0.2) is 5.69 Å². The van der Waals surface area contributed by atoms with E-state index in [1.54, 1.807) is 24.6 Å². The van der Waals surface area contributed by atoms with E-state index in [4.69, 9.17) is 0 Å². The second-order valence-corrected chi connectivity index (χ2v) is 9.45. The van der Waals surface area contributed by atoms with Gasteiger partial charge in [-0.1, -0.05) is 12.1 Å². The minimum Gasteiger partial charge on any atom is -0.380 e. The SMILES string of the molecule is Cc1cc(C(O)c2nc3ccccc3n2C)cc2nc(C(F)(F)F)c(CC3CCC(F)(F)CC3)n12. The smallest absolute Gasteiger partial charge is 0.380 e. The molecule has 0 amide bonds. The van der Waals surface area contributed by atoms with Gasteiger partial charge in [0.1, 0.15) is 17.6 Å². The summed E-state index contributed by atoms with van der Waals surface area (Å²) in [6.07, 6.45) is -6.15. The Labute approximate surface area is 198 Å². The summed E-state index contributed by atoms with van der Waals surface area (Å²) in [4.78, 5) is 8.39. The molecule has 1 atom stereocenters. The lowest BCUT2D eigenvalue weighted by Gasteiger charge is -2.28. The fraction of sp³-hybridized carbons (Fsp3) is 0.440. The number of pyridine rings is 1. The zero-order chi connectivity index (χ0) is 25.1. The summed E-state index contributed by atoms with van der Waals surface area (Å²) < 4.78 is 72.1. The van der Waals surface area contributed by atoms with Gasteiger partial charge >= 0.3 is 6.18 Å². The van der Waals surface area contributed by atoms with E-state index in [0.29, 0.717) is 22.6 Å². The third kappa shape index (κ3) is 4.28. The van der Waals surface area contributed by atoms with Crippen LogP contribution in [0.3, 0.4) is 0 Å².